The average Bonchev–Trinajstić information content (AvgIpc) is 2.45. The van der Waals surface area contributed by atoms with Crippen molar-refractivity contribution in [2.45, 2.75) is 53.0 Å². The third-order valence-electron chi connectivity index (χ3n) is 3.22. The Morgan fingerprint density at radius 3 is 2.62 bits per heavy atom. The molecule has 0 bridgehead atoms. The van der Waals surface area contributed by atoms with Crippen LogP contribution in [0.25, 0.3) is 0 Å². The molecule has 0 aromatic heterocycles. The van der Waals surface area contributed by atoms with Gasteiger partial charge in [0.2, 0.25) is 11.8 Å². The summed E-state index contributed by atoms with van der Waals surface area (Å²) in [5.41, 5.74) is 1.76. The molecule has 0 unspecified atom stereocenters. The second-order valence-electron chi connectivity index (χ2n) is 5.58. The third kappa shape index (κ3) is 6.93. The summed E-state index contributed by atoms with van der Waals surface area (Å²) in [6.45, 7) is 6.33. The summed E-state index contributed by atoms with van der Waals surface area (Å²) in [7, 11) is 0. The van der Waals surface area contributed by atoms with Gasteiger partial charge in [-0.05, 0) is 24.1 Å². The van der Waals surface area contributed by atoms with Crippen LogP contribution < -0.4 is 10.6 Å². The predicted octanol–water partition coefficient (Wildman–Crippen LogP) is 3.48. The first-order valence-electron chi connectivity index (χ1n) is 7.69. The van der Waals surface area contributed by atoms with Crippen LogP contribution in [-0.2, 0) is 16.1 Å². The van der Waals surface area contributed by atoms with Crippen LogP contribution in [0.4, 0.5) is 5.69 Å². The molecular weight excluding hydrogens is 264 g/mol. The molecular formula is C17H26N2O2. The van der Waals surface area contributed by atoms with Gasteiger partial charge in [-0.2, -0.15) is 0 Å². The van der Waals surface area contributed by atoms with Crippen molar-refractivity contribution in [1.29, 1.82) is 0 Å². The molecule has 2 N–H and O–H groups in total. The molecule has 0 fully saturated rings. The Morgan fingerprint density at radius 1 is 1.19 bits per heavy atom. The lowest BCUT2D eigenvalue weighted by molar-refractivity contribution is -0.121. The molecule has 0 saturated heterocycles. The SMILES string of the molecule is CCCCCC(=O)NCc1cccc(NC(=O)C(C)C)c1. The Kier molecular flexibility index (Phi) is 7.51. The maximum atomic E-state index is 11.7. The number of carbonyl (C=O) groups is 2. The van der Waals surface area contributed by atoms with E-state index in [1.54, 1.807) is 0 Å². The third-order valence-corrected chi connectivity index (χ3v) is 3.22. The quantitative estimate of drug-likeness (QED) is 0.720. The van der Waals surface area contributed by atoms with Gasteiger partial charge in [-0.15, -0.1) is 0 Å². The minimum absolute atomic E-state index is 0.00393. The minimum atomic E-state index is -0.0491. The summed E-state index contributed by atoms with van der Waals surface area (Å²) in [5.74, 6) is 0.0303. The van der Waals surface area contributed by atoms with Gasteiger partial charge in [0, 0.05) is 24.6 Å². The highest BCUT2D eigenvalue weighted by atomic mass is 16.2. The lowest BCUT2D eigenvalue weighted by Crippen LogP contribution is -2.22. The summed E-state index contributed by atoms with van der Waals surface area (Å²) in [4.78, 5) is 23.3. The molecule has 0 atom stereocenters. The zero-order valence-corrected chi connectivity index (χ0v) is 13.2. The van der Waals surface area contributed by atoms with Crippen LogP contribution in [-0.4, -0.2) is 11.8 Å². The predicted molar refractivity (Wildman–Crippen MR) is 85.9 cm³/mol. The first-order chi connectivity index (χ1) is 10.0. The number of hydrogen-bond acceptors (Lipinski definition) is 2. The van der Waals surface area contributed by atoms with Gasteiger partial charge < -0.3 is 10.6 Å². The number of carbonyl (C=O) groups excluding carboxylic acids is 2. The molecule has 4 heteroatoms. The van der Waals surface area contributed by atoms with E-state index in [-0.39, 0.29) is 17.7 Å². The van der Waals surface area contributed by atoms with E-state index in [2.05, 4.69) is 17.6 Å². The van der Waals surface area contributed by atoms with E-state index in [1.165, 1.54) is 0 Å². The molecule has 21 heavy (non-hydrogen) atoms. The monoisotopic (exact) mass is 290 g/mol. The fourth-order valence-electron chi connectivity index (χ4n) is 1.87. The van der Waals surface area contributed by atoms with Crippen molar-refractivity contribution in [2.75, 3.05) is 5.32 Å². The van der Waals surface area contributed by atoms with Gasteiger partial charge in [-0.1, -0.05) is 45.7 Å². The van der Waals surface area contributed by atoms with E-state index in [0.29, 0.717) is 13.0 Å². The number of hydrogen-bond donors (Lipinski definition) is 2. The number of rotatable bonds is 8. The van der Waals surface area contributed by atoms with Crippen LogP contribution >= 0.6 is 0 Å². The van der Waals surface area contributed by atoms with Crippen molar-refractivity contribution in [3.8, 4) is 0 Å². The molecule has 0 aliphatic rings. The summed E-state index contributed by atoms with van der Waals surface area (Å²) in [5, 5.41) is 5.77. The van der Waals surface area contributed by atoms with E-state index < -0.39 is 0 Å². The molecule has 0 aliphatic heterocycles. The summed E-state index contributed by atoms with van der Waals surface area (Å²) >= 11 is 0. The number of amides is 2. The highest BCUT2D eigenvalue weighted by Gasteiger charge is 2.07. The van der Waals surface area contributed by atoms with Crippen molar-refractivity contribution >= 4 is 17.5 Å². The van der Waals surface area contributed by atoms with Crippen LogP contribution in [0, 0.1) is 5.92 Å². The van der Waals surface area contributed by atoms with Crippen molar-refractivity contribution in [2.24, 2.45) is 5.92 Å². The van der Waals surface area contributed by atoms with Crippen LogP contribution in [0.15, 0.2) is 24.3 Å². The smallest absolute Gasteiger partial charge is 0.226 e. The van der Waals surface area contributed by atoms with Crippen LogP contribution in [0.2, 0.25) is 0 Å². The van der Waals surface area contributed by atoms with E-state index >= 15 is 0 Å². The van der Waals surface area contributed by atoms with Gasteiger partial charge in [0.1, 0.15) is 0 Å². The normalized spacial score (nSPS) is 10.5. The largest absolute Gasteiger partial charge is 0.352 e. The lowest BCUT2D eigenvalue weighted by Gasteiger charge is -2.10. The Hall–Kier alpha value is -1.84. The minimum Gasteiger partial charge on any atom is -0.352 e. The molecule has 1 aromatic rings. The van der Waals surface area contributed by atoms with Gasteiger partial charge in [0.25, 0.3) is 0 Å². The first kappa shape index (κ1) is 17.2. The molecule has 0 radical (unpaired) electrons. The maximum Gasteiger partial charge on any atom is 0.226 e. The molecule has 4 nitrogen and oxygen atoms in total. The molecule has 0 aliphatic carbocycles. The van der Waals surface area contributed by atoms with Gasteiger partial charge >= 0.3 is 0 Å². The van der Waals surface area contributed by atoms with Gasteiger partial charge in [0.15, 0.2) is 0 Å². The number of unbranched alkanes of at least 4 members (excludes halogenated alkanes) is 2. The highest BCUT2D eigenvalue weighted by Crippen LogP contribution is 2.12. The number of anilines is 1. The Balaban J connectivity index is 2.45. The fourth-order valence-corrected chi connectivity index (χ4v) is 1.87. The van der Waals surface area contributed by atoms with Crippen molar-refractivity contribution < 1.29 is 9.59 Å². The summed E-state index contributed by atoms with van der Waals surface area (Å²) in [6, 6.07) is 7.57. The Labute approximate surface area is 127 Å². The number of benzene rings is 1. The fraction of sp³-hybridized carbons (Fsp3) is 0.529. The zero-order valence-electron chi connectivity index (χ0n) is 13.2. The molecule has 1 aromatic carbocycles. The van der Waals surface area contributed by atoms with Gasteiger partial charge in [-0.3, -0.25) is 9.59 Å². The molecule has 0 spiro atoms. The van der Waals surface area contributed by atoms with Crippen molar-refractivity contribution in [3.63, 3.8) is 0 Å². The Morgan fingerprint density at radius 2 is 1.95 bits per heavy atom. The molecule has 116 valence electrons. The van der Waals surface area contributed by atoms with Crippen molar-refractivity contribution in [1.82, 2.24) is 5.32 Å². The average molecular weight is 290 g/mol. The van der Waals surface area contributed by atoms with E-state index in [9.17, 15) is 9.59 Å². The van der Waals surface area contributed by atoms with Gasteiger partial charge in [-0.25, -0.2) is 0 Å². The maximum absolute atomic E-state index is 11.7. The molecule has 2 amide bonds. The topological polar surface area (TPSA) is 58.2 Å². The van der Waals surface area contributed by atoms with Crippen molar-refractivity contribution in [3.05, 3.63) is 29.8 Å². The number of nitrogens with one attached hydrogen (secondary N) is 2. The lowest BCUT2D eigenvalue weighted by atomic mass is 10.1. The second-order valence-corrected chi connectivity index (χ2v) is 5.58. The summed E-state index contributed by atoms with van der Waals surface area (Å²) < 4.78 is 0. The van der Waals surface area contributed by atoms with Crippen LogP contribution in [0.3, 0.4) is 0 Å². The van der Waals surface area contributed by atoms with Gasteiger partial charge in [0.05, 0.1) is 0 Å². The zero-order chi connectivity index (χ0) is 15.7. The first-order valence-corrected chi connectivity index (χ1v) is 7.69. The van der Waals surface area contributed by atoms with E-state index in [0.717, 1.165) is 30.5 Å². The standard InChI is InChI=1S/C17H26N2O2/c1-4-5-6-10-16(20)18-12-14-8-7-9-15(11-14)19-17(21)13(2)3/h7-9,11,13H,4-6,10,12H2,1-3H3,(H,18,20)(H,19,21). The Bertz CT molecular complexity index is 470. The second kappa shape index (κ2) is 9.16. The van der Waals surface area contributed by atoms with E-state index in [1.807, 2.05) is 38.1 Å². The van der Waals surface area contributed by atoms with Crippen LogP contribution in [0.5, 0.6) is 0 Å². The van der Waals surface area contributed by atoms with Crippen LogP contribution in [0.1, 0.15) is 52.0 Å². The molecule has 1 rings (SSSR count). The molecule has 0 saturated carbocycles. The molecule has 0 heterocycles. The summed E-state index contributed by atoms with van der Waals surface area (Å²) in [6.07, 6.45) is 3.72. The highest BCUT2D eigenvalue weighted by molar-refractivity contribution is 5.92. The van der Waals surface area contributed by atoms with E-state index in [4.69, 9.17) is 0 Å².